The van der Waals surface area contributed by atoms with Crippen molar-refractivity contribution in [1.29, 1.82) is 0 Å². The summed E-state index contributed by atoms with van der Waals surface area (Å²) in [7, 11) is 0. The molecule has 1 aromatic heterocycles. The van der Waals surface area contributed by atoms with Gasteiger partial charge in [0.25, 0.3) is 23.5 Å². The molecule has 13 heteroatoms. The smallest absolute Gasteiger partial charge is 0.293 e. The molecule has 0 unspecified atom stereocenters. The van der Waals surface area contributed by atoms with E-state index < -0.39 is 65.3 Å². The van der Waals surface area contributed by atoms with Gasteiger partial charge in [0.05, 0.1) is 5.56 Å². The molecule has 2 aliphatic rings. The quantitative estimate of drug-likeness (QED) is 0.245. The van der Waals surface area contributed by atoms with E-state index in [0.717, 1.165) is 0 Å². The number of benzene rings is 1. The molecular weight excluding hydrogens is 479 g/mol. The van der Waals surface area contributed by atoms with Crippen LogP contribution >= 0.6 is 0 Å². The van der Waals surface area contributed by atoms with E-state index in [-0.39, 0.29) is 29.1 Å². The van der Waals surface area contributed by atoms with E-state index in [1.165, 1.54) is 11.5 Å². The highest BCUT2D eigenvalue weighted by atomic mass is 19.3. The maximum absolute atomic E-state index is 13.5. The third-order valence-corrected chi connectivity index (χ3v) is 6.25. The highest BCUT2D eigenvalue weighted by Gasteiger charge is 2.61. The molecule has 1 saturated carbocycles. The molecule has 0 saturated heterocycles. The van der Waals surface area contributed by atoms with Crippen molar-refractivity contribution >= 4 is 29.2 Å². The van der Waals surface area contributed by atoms with Gasteiger partial charge in [-0.3, -0.25) is 19.2 Å². The van der Waals surface area contributed by atoms with Crippen LogP contribution < -0.4 is 16.4 Å². The molecule has 2 aromatic rings. The molecule has 0 radical (unpaired) electrons. The van der Waals surface area contributed by atoms with Crippen molar-refractivity contribution in [2.45, 2.75) is 50.6 Å². The van der Waals surface area contributed by atoms with Crippen LogP contribution in [0.5, 0.6) is 0 Å². The third-order valence-electron chi connectivity index (χ3n) is 6.25. The highest BCUT2D eigenvalue weighted by molar-refractivity contribution is 6.44. The Morgan fingerprint density at radius 2 is 1.66 bits per heavy atom. The number of anilines is 1. The first-order valence-corrected chi connectivity index (χ1v) is 10.5. The monoisotopic (exact) mass is 498 g/mol. The number of amides is 3. The molecule has 4 rings (SSSR count). The molecule has 8 nitrogen and oxygen atoms in total. The topological polar surface area (TPSA) is 123 Å². The number of rotatable bonds is 6. The minimum Gasteiger partial charge on any atom is -0.368 e. The van der Waals surface area contributed by atoms with Crippen LogP contribution in [-0.2, 0) is 22.6 Å². The minimum absolute atomic E-state index is 0.0625. The van der Waals surface area contributed by atoms with E-state index in [1.807, 2.05) is 5.32 Å². The number of alkyl halides is 2. The average molecular weight is 498 g/mol. The lowest BCUT2D eigenvalue weighted by Crippen LogP contribution is -2.69. The standard InChI is InChI=1S/C22H19F5N4O4/c1-9-14(17(32)19(34)30-21(20(28)35)7-22(26,27)8-21)13-3-2-4-31(13)16(9)18(33)29-10-5-11(23)15(25)12(24)6-10/h5-6H,2-4,7-8H2,1H3,(H2,28,35)(H,29,33)(H,30,34). The van der Waals surface area contributed by atoms with E-state index in [4.69, 9.17) is 5.73 Å². The second-order valence-corrected chi connectivity index (χ2v) is 8.70. The zero-order valence-electron chi connectivity index (χ0n) is 18.2. The van der Waals surface area contributed by atoms with Crippen LogP contribution in [-0.4, -0.2) is 39.5 Å². The second kappa shape index (κ2) is 8.17. The van der Waals surface area contributed by atoms with Gasteiger partial charge in [0, 0.05) is 42.9 Å². The fourth-order valence-corrected chi connectivity index (χ4v) is 4.67. The number of nitrogens with two attached hydrogens (primary N) is 1. The van der Waals surface area contributed by atoms with Crippen molar-refractivity contribution in [1.82, 2.24) is 9.88 Å². The lowest BCUT2D eigenvalue weighted by molar-refractivity contribution is -0.162. The Kier molecular flexibility index (Phi) is 5.68. The highest BCUT2D eigenvalue weighted by Crippen LogP contribution is 2.45. The molecule has 3 amide bonds. The Hall–Kier alpha value is -3.77. The number of Topliss-reactive ketones (excluding diaryl/α,β-unsaturated/α-hetero) is 1. The SMILES string of the molecule is Cc1c(C(=O)C(=O)NC2(C(N)=O)CC(F)(F)C2)c2n(c1C(=O)Nc1cc(F)c(F)c(F)c1)CCC2. The number of carbonyl (C=O) groups excluding carboxylic acids is 4. The Labute approximate surface area is 194 Å². The fourth-order valence-electron chi connectivity index (χ4n) is 4.67. The van der Waals surface area contributed by atoms with Gasteiger partial charge < -0.3 is 20.9 Å². The lowest BCUT2D eigenvalue weighted by atomic mass is 9.72. The summed E-state index contributed by atoms with van der Waals surface area (Å²) in [6, 6.07) is 1.16. The average Bonchev–Trinajstić information content (AvgIpc) is 3.29. The number of halogens is 5. The molecule has 4 N–H and O–H groups in total. The summed E-state index contributed by atoms with van der Waals surface area (Å²) < 4.78 is 68.5. The predicted octanol–water partition coefficient (Wildman–Crippen LogP) is 2.36. The van der Waals surface area contributed by atoms with Crippen LogP contribution in [0.4, 0.5) is 27.6 Å². The Bertz CT molecular complexity index is 1270. The molecule has 35 heavy (non-hydrogen) atoms. The van der Waals surface area contributed by atoms with Crippen molar-refractivity contribution in [3.63, 3.8) is 0 Å². The van der Waals surface area contributed by atoms with Gasteiger partial charge in [-0.05, 0) is 25.3 Å². The van der Waals surface area contributed by atoms with E-state index in [0.29, 0.717) is 30.7 Å². The largest absolute Gasteiger partial charge is 0.368 e. The molecular formula is C22H19F5N4O4. The second-order valence-electron chi connectivity index (χ2n) is 8.70. The summed E-state index contributed by atoms with van der Waals surface area (Å²) in [6.07, 6.45) is -1.27. The number of nitrogens with one attached hydrogen (secondary N) is 2. The van der Waals surface area contributed by atoms with Gasteiger partial charge in [-0.2, -0.15) is 0 Å². The number of aromatic nitrogens is 1. The molecule has 0 bridgehead atoms. The molecule has 0 spiro atoms. The lowest BCUT2D eigenvalue weighted by Gasteiger charge is -2.44. The Morgan fingerprint density at radius 1 is 1.06 bits per heavy atom. The van der Waals surface area contributed by atoms with Crippen LogP contribution in [0.25, 0.3) is 0 Å². The van der Waals surface area contributed by atoms with Gasteiger partial charge in [-0.15, -0.1) is 0 Å². The molecule has 1 aliphatic heterocycles. The predicted molar refractivity (Wildman–Crippen MR) is 110 cm³/mol. The van der Waals surface area contributed by atoms with Gasteiger partial charge in [0.2, 0.25) is 5.91 Å². The summed E-state index contributed by atoms with van der Waals surface area (Å²) in [6.45, 7) is 1.66. The van der Waals surface area contributed by atoms with E-state index in [1.54, 1.807) is 0 Å². The van der Waals surface area contributed by atoms with Crippen LogP contribution in [0.1, 0.15) is 51.4 Å². The molecule has 0 atom stereocenters. The molecule has 1 aromatic carbocycles. The molecule has 2 heterocycles. The maximum Gasteiger partial charge on any atom is 0.293 e. The van der Waals surface area contributed by atoms with Crippen molar-refractivity contribution in [3.05, 3.63) is 52.1 Å². The number of hydrogen-bond donors (Lipinski definition) is 3. The zero-order chi connectivity index (χ0) is 25.9. The summed E-state index contributed by atoms with van der Waals surface area (Å²) in [4.78, 5) is 50.3. The van der Waals surface area contributed by atoms with Gasteiger partial charge in [-0.25, -0.2) is 22.0 Å². The van der Waals surface area contributed by atoms with Gasteiger partial charge >= 0.3 is 0 Å². The molecule has 1 aliphatic carbocycles. The van der Waals surface area contributed by atoms with Crippen molar-refractivity contribution in [3.8, 4) is 0 Å². The molecule has 1 fully saturated rings. The molecule has 186 valence electrons. The van der Waals surface area contributed by atoms with Gasteiger partial charge in [0.15, 0.2) is 17.5 Å². The fraction of sp³-hybridized carbons (Fsp3) is 0.364. The third kappa shape index (κ3) is 4.04. The Balaban J connectivity index is 1.63. The summed E-state index contributed by atoms with van der Waals surface area (Å²) >= 11 is 0. The summed E-state index contributed by atoms with van der Waals surface area (Å²) in [5, 5.41) is 4.26. The summed E-state index contributed by atoms with van der Waals surface area (Å²) in [5.41, 5.74) is 2.91. The normalized spacial score (nSPS) is 17.3. The number of primary amides is 1. The zero-order valence-corrected chi connectivity index (χ0v) is 18.2. The first-order chi connectivity index (χ1) is 16.3. The van der Waals surface area contributed by atoms with Gasteiger partial charge in [-0.1, -0.05) is 0 Å². The maximum atomic E-state index is 13.5. The number of fused-ring (bicyclic) bond motifs is 1. The van der Waals surface area contributed by atoms with Crippen LogP contribution in [0.2, 0.25) is 0 Å². The Morgan fingerprint density at radius 3 is 2.20 bits per heavy atom. The number of nitrogens with zero attached hydrogens (tertiary/aromatic N) is 1. The van der Waals surface area contributed by atoms with Gasteiger partial charge in [0.1, 0.15) is 11.2 Å². The van der Waals surface area contributed by atoms with Crippen LogP contribution in [0.3, 0.4) is 0 Å². The number of ketones is 1. The van der Waals surface area contributed by atoms with Crippen molar-refractivity contribution < 1.29 is 41.1 Å². The van der Waals surface area contributed by atoms with E-state index in [2.05, 4.69) is 5.32 Å². The number of carbonyl (C=O) groups is 4. The van der Waals surface area contributed by atoms with E-state index >= 15 is 0 Å². The van der Waals surface area contributed by atoms with E-state index in [9.17, 15) is 41.1 Å². The minimum atomic E-state index is -3.22. The number of hydrogen-bond acceptors (Lipinski definition) is 4. The first kappa shape index (κ1) is 24.4. The van der Waals surface area contributed by atoms with Crippen LogP contribution in [0, 0.1) is 24.4 Å². The first-order valence-electron chi connectivity index (χ1n) is 10.5. The summed E-state index contributed by atoms with van der Waals surface area (Å²) in [5.74, 6) is -12.5. The van der Waals surface area contributed by atoms with Crippen molar-refractivity contribution in [2.75, 3.05) is 5.32 Å². The van der Waals surface area contributed by atoms with Crippen LogP contribution in [0.15, 0.2) is 12.1 Å². The van der Waals surface area contributed by atoms with Crippen molar-refractivity contribution in [2.24, 2.45) is 5.73 Å².